The molecule has 2 aromatic rings. The van der Waals surface area contributed by atoms with Crippen LogP contribution in [-0.2, 0) is 7.05 Å². The predicted molar refractivity (Wildman–Crippen MR) is 80.3 cm³/mol. The molecule has 2 heterocycles. The van der Waals surface area contributed by atoms with Gasteiger partial charge in [0, 0.05) is 25.6 Å². The Kier molecular flexibility index (Phi) is 3.98. The Morgan fingerprint density at radius 1 is 1.41 bits per heavy atom. The third-order valence-corrected chi connectivity index (χ3v) is 4.30. The summed E-state index contributed by atoms with van der Waals surface area (Å²) in [6.07, 6.45) is 8.84. The number of aliphatic hydroxyl groups excluding tert-OH is 1. The minimum absolute atomic E-state index is 0.0507. The van der Waals surface area contributed by atoms with Crippen LogP contribution in [-0.4, -0.2) is 42.3 Å². The number of rotatable bonds is 3. The molecule has 1 amide bonds. The van der Waals surface area contributed by atoms with Crippen molar-refractivity contribution in [3.05, 3.63) is 36.4 Å². The highest BCUT2D eigenvalue weighted by molar-refractivity contribution is 5.92. The van der Waals surface area contributed by atoms with Crippen LogP contribution in [0, 0.1) is 6.92 Å². The number of hydrogen-bond acceptors (Lipinski definition) is 4. The van der Waals surface area contributed by atoms with E-state index < -0.39 is 6.10 Å². The molecule has 1 aliphatic carbocycles. The normalized spacial score (nSPS) is 25.1. The zero-order valence-corrected chi connectivity index (χ0v) is 12.8. The molecular formula is C15H21N5O2. The van der Waals surface area contributed by atoms with Crippen molar-refractivity contribution in [2.75, 3.05) is 0 Å². The molecular weight excluding hydrogens is 282 g/mol. The minimum atomic E-state index is -0.630. The number of imidazole rings is 2. The van der Waals surface area contributed by atoms with E-state index in [1.807, 2.05) is 24.7 Å². The summed E-state index contributed by atoms with van der Waals surface area (Å²) in [5.74, 6) is 0.633. The number of carbonyl (C=O) groups is 1. The molecule has 7 heteroatoms. The summed E-state index contributed by atoms with van der Waals surface area (Å²) in [6, 6.07) is -0.319. The molecule has 0 radical (unpaired) electrons. The number of aromatic nitrogens is 4. The first-order valence-electron chi connectivity index (χ1n) is 7.52. The third kappa shape index (κ3) is 2.76. The van der Waals surface area contributed by atoms with E-state index in [1.165, 1.54) is 0 Å². The maximum Gasteiger partial charge on any atom is 0.271 e. The van der Waals surface area contributed by atoms with Crippen LogP contribution in [0.3, 0.4) is 0 Å². The van der Waals surface area contributed by atoms with E-state index in [1.54, 1.807) is 23.3 Å². The molecule has 0 saturated heterocycles. The van der Waals surface area contributed by atoms with E-state index >= 15 is 0 Å². The second-order valence-corrected chi connectivity index (χ2v) is 5.87. The zero-order valence-electron chi connectivity index (χ0n) is 12.8. The predicted octanol–water partition coefficient (Wildman–Crippen LogP) is 0.810. The molecule has 1 fully saturated rings. The van der Waals surface area contributed by atoms with Crippen molar-refractivity contribution in [1.82, 2.24) is 24.4 Å². The quantitative estimate of drug-likeness (QED) is 0.878. The maximum absolute atomic E-state index is 12.2. The number of amides is 1. The van der Waals surface area contributed by atoms with Crippen LogP contribution in [0.15, 0.2) is 24.9 Å². The summed E-state index contributed by atoms with van der Waals surface area (Å²) >= 11 is 0. The van der Waals surface area contributed by atoms with Gasteiger partial charge in [0.2, 0.25) is 0 Å². The van der Waals surface area contributed by atoms with Crippen molar-refractivity contribution >= 4 is 5.91 Å². The monoisotopic (exact) mass is 303 g/mol. The van der Waals surface area contributed by atoms with Gasteiger partial charge < -0.3 is 19.6 Å². The lowest BCUT2D eigenvalue weighted by atomic mass is 9.87. The van der Waals surface area contributed by atoms with Gasteiger partial charge in [0.15, 0.2) is 0 Å². The molecule has 22 heavy (non-hydrogen) atoms. The fourth-order valence-corrected chi connectivity index (χ4v) is 3.13. The Bertz CT molecular complexity index is 662. The number of carbonyl (C=O) groups excluding carboxylic acids is 1. The van der Waals surface area contributed by atoms with Gasteiger partial charge >= 0.3 is 0 Å². The van der Waals surface area contributed by atoms with Gasteiger partial charge in [0.05, 0.1) is 24.5 Å². The topological polar surface area (TPSA) is 85.0 Å². The van der Waals surface area contributed by atoms with E-state index in [4.69, 9.17) is 0 Å². The lowest BCUT2D eigenvalue weighted by molar-refractivity contribution is 0.0391. The second kappa shape index (κ2) is 5.92. The van der Waals surface area contributed by atoms with E-state index in [0.29, 0.717) is 5.69 Å². The number of hydrogen-bond donors (Lipinski definition) is 2. The summed E-state index contributed by atoms with van der Waals surface area (Å²) in [5.41, 5.74) is 0.371. The summed E-state index contributed by atoms with van der Waals surface area (Å²) in [5, 5.41) is 13.5. The van der Waals surface area contributed by atoms with Gasteiger partial charge in [-0.3, -0.25) is 4.79 Å². The first-order chi connectivity index (χ1) is 10.6. The van der Waals surface area contributed by atoms with Crippen LogP contribution in [0.1, 0.15) is 41.6 Å². The average molecular weight is 303 g/mol. The Labute approximate surface area is 129 Å². The van der Waals surface area contributed by atoms with E-state index in [2.05, 4.69) is 15.3 Å². The number of nitrogens with one attached hydrogen (secondary N) is 1. The highest BCUT2D eigenvalue weighted by Gasteiger charge is 2.34. The summed E-state index contributed by atoms with van der Waals surface area (Å²) in [4.78, 5) is 20.5. The largest absolute Gasteiger partial charge is 0.389 e. The van der Waals surface area contributed by atoms with E-state index in [0.717, 1.165) is 25.1 Å². The lowest BCUT2D eigenvalue weighted by Crippen LogP contribution is -2.49. The molecule has 0 spiro atoms. The molecule has 7 nitrogen and oxygen atoms in total. The first-order valence-corrected chi connectivity index (χ1v) is 7.52. The van der Waals surface area contributed by atoms with Crippen molar-refractivity contribution in [2.45, 2.75) is 44.4 Å². The van der Waals surface area contributed by atoms with Crippen LogP contribution in [0.4, 0.5) is 0 Å². The first kappa shape index (κ1) is 14.8. The molecule has 2 N–H and O–H groups in total. The third-order valence-electron chi connectivity index (χ3n) is 4.30. The number of aryl methyl sites for hydroxylation is 2. The maximum atomic E-state index is 12.2. The van der Waals surface area contributed by atoms with Crippen LogP contribution in [0.2, 0.25) is 0 Å². The number of nitrogens with zero attached hydrogens (tertiary/aromatic N) is 4. The molecule has 0 aromatic carbocycles. The van der Waals surface area contributed by atoms with Gasteiger partial charge in [-0.2, -0.15) is 0 Å². The molecule has 1 saturated carbocycles. The molecule has 3 rings (SSSR count). The molecule has 2 aromatic heterocycles. The summed E-state index contributed by atoms with van der Waals surface area (Å²) in [7, 11) is 1.82. The van der Waals surface area contributed by atoms with Crippen LogP contribution in [0.25, 0.3) is 0 Å². The average Bonchev–Trinajstić information content (AvgIpc) is 3.10. The fourth-order valence-electron chi connectivity index (χ4n) is 3.13. The molecule has 0 unspecified atom stereocenters. The van der Waals surface area contributed by atoms with Crippen LogP contribution < -0.4 is 5.32 Å². The highest BCUT2D eigenvalue weighted by atomic mass is 16.3. The Hall–Kier alpha value is -2.15. The molecule has 0 bridgehead atoms. The van der Waals surface area contributed by atoms with Gasteiger partial charge in [-0.05, 0) is 26.2 Å². The minimum Gasteiger partial charge on any atom is -0.389 e. The molecule has 1 aliphatic rings. The van der Waals surface area contributed by atoms with Gasteiger partial charge in [-0.25, -0.2) is 9.97 Å². The van der Waals surface area contributed by atoms with Crippen molar-refractivity contribution in [3.63, 3.8) is 0 Å². The number of aliphatic hydroxyl groups is 1. The summed E-state index contributed by atoms with van der Waals surface area (Å²) in [6.45, 7) is 1.92. The Morgan fingerprint density at radius 3 is 2.86 bits per heavy atom. The fraction of sp³-hybridized carbons (Fsp3) is 0.533. The lowest BCUT2D eigenvalue weighted by Gasteiger charge is -2.36. The Balaban J connectivity index is 1.71. The van der Waals surface area contributed by atoms with Gasteiger partial charge in [0.1, 0.15) is 11.5 Å². The van der Waals surface area contributed by atoms with Crippen molar-refractivity contribution in [1.29, 1.82) is 0 Å². The van der Waals surface area contributed by atoms with Crippen molar-refractivity contribution in [2.24, 2.45) is 7.05 Å². The van der Waals surface area contributed by atoms with Crippen LogP contribution >= 0.6 is 0 Å². The second-order valence-electron chi connectivity index (χ2n) is 5.87. The SMILES string of the molecule is Cc1nccn1[C@@H]1CCC[C@@H](NC(=O)c2cn(C)cn2)[C@H]1O. The van der Waals surface area contributed by atoms with E-state index in [9.17, 15) is 9.90 Å². The molecule has 0 aliphatic heterocycles. The highest BCUT2D eigenvalue weighted by Crippen LogP contribution is 2.30. The molecule has 3 atom stereocenters. The van der Waals surface area contributed by atoms with Crippen molar-refractivity contribution in [3.8, 4) is 0 Å². The van der Waals surface area contributed by atoms with E-state index in [-0.39, 0.29) is 18.0 Å². The van der Waals surface area contributed by atoms with Gasteiger partial charge in [-0.15, -0.1) is 0 Å². The van der Waals surface area contributed by atoms with Gasteiger partial charge in [-0.1, -0.05) is 0 Å². The van der Waals surface area contributed by atoms with Crippen molar-refractivity contribution < 1.29 is 9.90 Å². The summed E-state index contributed by atoms with van der Waals surface area (Å²) < 4.78 is 3.72. The Morgan fingerprint density at radius 2 is 2.23 bits per heavy atom. The van der Waals surface area contributed by atoms with Crippen LogP contribution in [0.5, 0.6) is 0 Å². The smallest absolute Gasteiger partial charge is 0.271 e. The van der Waals surface area contributed by atoms with Gasteiger partial charge in [0.25, 0.3) is 5.91 Å². The zero-order chi connectivity index (χ0) is 15.7. The molecule has 118 valence electrons. The standard InChI is InChI=1S/C15H21N5O2/c1-10-16-6-7-20(10)13-5-3-4-11(14(13)21)18-15(22)12-8-19(2)9-17-12/h6-9,11,13-14,21H,3-5H2,1-2H3,(H,18,22)/t11-,13-,14-/m1/s1.